The number of hydrogen-bond acceptors (Lipinski definition) is 4. The second kappa shape index (κ2) is 9.39. The number of amides is 2. The van der Waals surface area contributed by atoms with E-state index < -0.39 is 0 Å². The van der Waals surface area contributed by atoms with Crippen molar-refractivity contribution in [3.8, 4) is 5.69 Å². The number of benzene rings is 3. The molecule has 0 saturated carbocycles. The monoisotopic (exact) mass is 490 g/mol. The fourth-order valence-corrected chi connectivity index (χ4v) is 4.82. The van der Waals surface area contributed by atoms with Crippen LogP contribution in [0.1, 0.15) is 37.5 Å². The van der Waals surface area contributed by atoms with E-state index in [2.05, 4.69) is 27.5 Å². The largest absolute Gasteiger partial charge is 0.355 e. The highest BCUT2D eigenvalue weighted by molar-refractivity contribution is 5.97. The Hall–Kier alpha value is -4.72. The maximum Gasteiger partial charge on any atom is 0.274 e. The Kier molecular flexibility index (Phi) is 5.76. The molecule has 2 aromatic heterocycles. The predicted octanol–water partition coefficient (Wildman–Crippen LogP) is 3.83. The van der Waals surface area contributed by atoms with Crippen LogP contribution in [0, 0.1) is 0 Å². The van der Waals surface area contributed by atoms with Gasteiger partial charge in [0.1, 0.15) is 6.33 Å². The molecule has 8 heteroatoms. The number of hydrogen-bond donors (Lipinski definition) is 1. The SMILES string of the molecule is CNC(=O)c1ccc2c(c1)ncn2-c1ccc(CN2CCc3cn(Cc4ccccc4)nc3C2=O)cc1. The molecule has 1 N–H and O–H groups in total. The third-order valence-electron chi connectivity index (χ3n) is 6.79. The fraction of sp³-hybridized carbons (Fsp3) is 0.172. The van der Waals surface area contributed by atoms with Crippen LogP contribution in [-0.2, 0) is 19.5 Å². The summed E-state index contributed by atoms with van der Waals surface area (Å²) in [5.74, 6) is -0.159. The maximum absolute atomic E-state index is 13.2. The smallest absolute Gasteiger partial charge is 0.274 e. The van der Waals surface area contributed by atoms with E-state index in [1.165, 1.54) is 0 Å². The van der Waals surface area contributed by atoms with Crippen molar-refractivity contribution in [2.45, 2.75) is 19.5 Å². The summed E-state index contributed by atoms with van der Waals surface area (Å²) in [5, 5.41) is 7.25. The Balaban J connectivity index is 1.16. The van der Waals surface area contributed by atoms with Crippen molar-refractivity contribution in [2.75, 3.05) is 13.6 Å². The van der Waals surface area contributed by atoms with Crippen molar-refractivity contribution in [1.82, 2.24) is 29.5 Å². The molecule has 8 nitrogen and oxygen atoms in total. The molecule has 0 unspecified atom stereocenters. The topological polar surface area (TPSA) is 85.1 Å². The highest BCUT2D eigenvalue weighted by Gasteiger charge is 2.27. The number of rotatable bonds is 6. The van der Waals surface area contributed by atoms with Gasteiger partial charge >= 0.3 is 0 Å². The summed E-state index contributed by atoms with van der Waals surface area (Å²) in [6.45, 7) is 1.85. The van der Waals surface area contributed by atoms with E-state index in [4.69, 9.17) is 0 Å². The first-order valence-corrected chi connectivity index (χ1v) is 12.3. The van der Waals surface area contributed by atoms with Gasteiger partial charge in [-0.3, -0.25) is 18.8 Å². The van der Waals surface area contributed by atoms with Crippen molar-refractivity contribution in [1.29, 1.82) is 0 Å². The van der Waals surface area contributed by atoms with Crippen LogP contribution in [0.25, 0.3) is 16.7 Å². The molecule has 2 amide bonds. The lowest BCUT2D eigenvalue weighted by atomic mass is 10.1. The Morgan fingerprint density at radius 1 is 0.973 bits per heavy atom. The van der Waals surface area contributed by atoms with Gasteiger partial charge in [0.05, 0.1) is 17.6 Å². The van der Waals surface area contributed by atoms with E-state index >= 15 is 0 Å². The second-order valence-electron chi connectivity index (χ2n) is 9.23. The van der Waals surface area contributed by atoms with Gasteiger partial charge < -0.3 is 10.2 Å². The van der Waals surface area contributed by atoms with Gasteiger partial charge in [0.15, 0.2) is 5.69 Å². The molecule has 0 saturated heterocycles. The van der Waals surface area contributed by atoms with Gasteiger partial charge in [0.2, 0.25) is 0 Å². The van der Waals surface area contributed by atoms with E-state index in [0.29, 0.717) is 30.9 Å². The number of carbonyl (C=O) groups is 2. The molecule has 0 bridgehead atoms. The average Bonchev–Trinajstić information content (AvgIpc) is 3.55. The molecule has 0 radical (unpaired) electrons. The average molecular weight is 491 g/mol. The van der Waals surface area contributed by atoms with Gasteiger partial charge in [0, 0.05) is 43.1 Å². The van der Waals surface area contributed by atoms with E-state index in [0.717, 1.165) is 39.8 Å². The van der Waals surface area contributed by atoms with Crippen molar-refractivity contribution in [3.05, 3.63) is 113 Å². The number of carbonyl (C=O) groups excluding carboxylic acids is 2. The lowest BCUT2D eigenvalue weighted by molar-refractivity contribution is 0.0720. The van der Waals surface area contributed by atoms with Crippen LogP contribution >= 0.6 is 0 Å². The van der Waals surface area contributed by atoms with Gasteiger partial charge in [-0.2, -0.15) is 5.10 Å². The number of nitrogens with one attached hydrogen (secondary N) is 1. The minimum atomic E-state index is -0.136. The zero-order valence-electron chi connectivity index (χ0n) is 20.5. The molecular formula is C29H26N6O2. The minimum absolute atomic E-state index is 0.0235. The van der Waals surface area contributed by atoms with Gasteiger partial charge in [-0.15, -0.1) is 0 Å². The summed E-state index contributed by atoms with van der Waals surface area (Å²) >= 11 is 0. The highest BCUT2D eigenvalue weighted by atomic mass is 16.2. The summed E-state index contributed by atoms with van der Waals surface area (Å²) < 4.78 is 3.85. The van der Waals surface area contributed by atoms with E-state index in [9.17, 15) is 9.59 Å². The Bertz CT molecular complexity index is 1600. The van der Waals surface area contributed by atoms with Crippen LogP contribution in [0.15, 0.2) is 85.3 Å². The predicted molar refractivity (Wildman–Crippen MR) is 141 cm³/mol. The maximum atomic E-state index is 13.2. The number of imidazole rings is 1. The summed E-state index contributed by atoms with van der Waals surface area (Å²) in [4.78, 5) is 31.5. The number of fused-ring (bicyclic) bond motifs is 2. The Labute approximate surface area is 214 Å². The fourth-order valence-electron chi connectivity index (χ4n) is 4.82. The van der Waals surface area contributed by atoms with Crippen molar-refractivity contribution in [3.63, 3.8) is 0 Å². The van der Waals surface area contributed by atoms with Crippen LogP contribution in [0.2, 0.25) is 0 Å². The zero-order chi connectivity index (χ0) is 25.4. The van der Waals surface area contributed by atoms with Crippen LogP contribution in [0.3, 0.4) is 0 Å². The quantitative estimate of drug-likeness (QED) is 0.392. The second-order valence-corrected chi connectivity index (χ2v) is 9.23. The van der Waals surface area contributed by atoms with Crippen LogP contribution in [-0.4, -0.2) is 49.6 Å². The summed E-state index contributed by atoms with van der Waals surface area (Å²) in [7, 11) is 1.61. The van der Waals surface area contributed by atoms with E-state index in [1.54, 1.807) is 25.5 Å². The molecule has 37 heavy (non-hydrogen) atoms. The Morgan fingerprint density at radius 3 is 2.54 bits per heavy atom. The van der Waals surface area contributed by atoms with Gasteiger partial charge in [-0.05, 0) is 47.9 Å². The molecule has 3 aromatic carbocycles. The van der Waals surface area contributed by atoms with Crippen LogP contribution in [0.4, 0.5) is 0 Å². The first kappa shape index (κ1) is 22.7. The molecule has 0 aliphatic carbocycles. The van der Waals surface area contributed by atoms with Crippen molar-refractivity contribution in [2.24, 2.45) is 0 Å². The third-order valence-corrected chi connectivity index (χ3v) is 6.79. The van der Waals surface area contributed by atoms with Crippen molar-refractivity contribution < 1.29 is 9.59 Å². The molecule has 3 heterocycles. The number of nitrogens with zero attached hydrogens (tertiary/aromatic N) is 5. The summed E-state index contributed by atoms with van der Waals surface area (Å²) in [6.07, 6.45) is 4.56. The summed E-state index contributed by atoms with van der Waals surface area (Å²) in [6, 6.07) is 23.8. The van der Waals surface area contributed by atoms with E-state index in [1.807, 2.05) is 68.9 Å². The molecule has 1 aliphatic rings. The van der Waals surface area contributed by atoms with Gasteiger partial charge in [-0.25, -0.2) is 4.98 Å². The molecule has 0 fully saturated rings. The number of aromatic nitrogens is 4. The normalized spacial score (nSPS) is 13.1. The third kappa shape index (κ3) is 4.38. The lowest BCUT2D eigenvalue weighted by Crippen LogP contribution is -2.36. The van der Waals surface area contributed by atoms with Crippen molar-refractivity contribution >= 4 is 22.8 Å². The first-order valence-electron chi connectivity index (χ1n) is 12.3. The molecule has 0 atom stereocenters. The first-order chi connectivity index (χ1) is 18.1. The molecular weight excluding hydrogens is 464 g/mol. The molecule has 1 aliphatic heterocycles. The summed E-state index contributed by atoms with van der Waals surface area (Å²) in [5.41, 5.74) is 7.00. The van der Waals surface area contributed by atoms with Gasteiger partial charge in [0.25, 0.3) is 11.8 Å². The molecule has 6 rings (SSSR count). The van der Waals surface area contributed by atoms with Crippen LogP contribution < -0.4 is 5.32 Å². The minimum Gasteiger partial charge on any atom is -0.355 e. The Morgan fingerprint density at radius 2 is 1.76 bits per heavy atom. The lowest BCUT2D eigenvalue weighted by Gasteiger charge is -2.26. The van der Waals surface area contributed by atoms with E-state index in [-0.39, 0.29) is 11.8 Å². The van der Waals surface area contributed by atoms with Crippen LogP contribution in [0.5, 0.6) is 0 Å². The highest BCUT2D eigenvalue weighted by Crippen LogP contribution is 2.23. The molecule has 184 valence electrons. The molecule has 5 aromatic rings. The van der Waals surface area contributed by atoms with Gasteiger partial charge in [-0.1, -0.05) is 42.5 Å². The zero-order valence-corrected chi connectivity index (χ0v) is 20.5. The standard InChI is InChI=1S/C29H26N6O2/c1-30-28(36)22-9-12-26-25(15-22)31-19-35(26)24-10-7-21(8-11-24)16-33-14-13-23-18-34(32-27(23)29(33)37)17-20-5-3-2-4-6-20/h2-12,15,18-19H,13-14,16-17H2,1H3,(H,30,36). The molecule has 0 spiro atoms.